The molecule has 0 spiro atoms. The van der Waals surface area contributed by atoms with Crippen molar-refractivity contribution in [3.63, 3.8) is 0 Å². The Kier molecular flexibility index (Phi) is 3.74. The fourth-order valence-electron chi connectivity index (χ4n) is 2.68. The van der Waals surface area contributed by atoms with Gasteiger partial charge in [-0.05, 0) is 6.42 Å². The van der Waals surface area contributed by atoms with Gasteiger partial charge in [0, 0.05) is 46.2 Å². The second-order valence-electron chi connectivity index (χ2n) is 5.55. The molecule has 8 heteroatoms. The van der Waals surface area contributed by atoms with E-state index in [1.807, 2.05) is 19.0 Å². The standard InChI is InChI=1S/C14H19N7O/c1-19(2)13-10-4-6-21(7-5-11(10)15-8-16-13)14(22)12-17-9-20(3)18-12/h8-9H,4-7H2,1-3H3. The Balaban J connectivity index is 1.82. The number of anilines is 1. The van der Waals surface area contributed by atoms with Gasteiger partial charge in [0.2, 0.25) is 5.82 Å². The first-order valence-corrected chi connectivity index (χ1v) is 7.21. The number of amides is 1. The normalized spacial score (nSPS) is 14.4. The summed E-state index contributed by atoms with van der Waals surface area (Å²) in [6.45, 7) is 1.24. The first-order valence-electron chi connectivity index (χ1n) is 7.21. The molecule has 0 bridgehead atoms. The Morgan fingerprint density at radius 1 is 1.18 bits per heavy atom. The summed E-state index contributed by atoms with van der Waals surface area (Å²) in [5, 5.41) is 4.09. The van der Waals surface area contributed by atoms with Gasteiger partial charge < -0.3 is 9.80 Å². The van der Waals surface area contributed by atoms with Crippen molar-refractivity contribution in [1.82, 2.24) is 29.6 Å². The molecule has 116 valence electrons. The molecule has 1 aliphatic heterocycles. The van der Waals surface area contributed by atoms with Gasteiger partial charge in [0.05, 0.1) is 5.69 Å². The summed E-state index contributed by atoms with van der Waals surface area (Å²) in [6, 6.07) is 0. The molecule has 2 aromatic heterocycles. The van der Waals surface area contributed by atoms with Crippen LogP contribution in [0.5, 0.6) is 0 Å². The molecule has 2 aromatic rings. The van der Waals surface area contributed by atoms with Gasteiger partial charge in [0.15, 0.2) is 0 Å². The van der Waals surface area contributed by atoms with E-state index in [-0.39, 0.29) is 11.7 Å². The smallest absolute Gasteiger partial charge is 0.293 e. The van der Waals surface area contributed by atoms with Crippen LogP contribution in [0.2, 0.25) is 0 Å². The van der Waals surface area contributed by atoms with Crippen LogP contribution in [0.3, 0.4) is 0 Å². The minimum absolute atomic E-state index is 0.132. The summed E-state index contributed by atoms with van der Waals surface area (Å²) in [4.78, 5) is 29.0. The molecule has 0 saturated carbocycles. The number of hydrogen-bond donors (Lipinski definition) is 0. The van der Waals surface area contributed by atoms with E-state index in [0.29, 0.717) is 13.1 Å². The molecule has 3 rings (SSSR count). The predicted octanol–water partition coefficient (Wildman–Crippen LogP) is -0.0879. The van der Waals surface area contributed by atoms with E-state index < -0.39 is 0 Å². The maximum absolute atomic E-state index is 12.5. The molecule has 0 fully saturated rings. The Hall–Kier alpha value is -2.51. The first kappa shape index (κ1) is 14.4. The van der Waals surface area contributed by atoms with Crippen LogP contribution in [0.1, 0.15) is 21.9 Å². The van der Waals surface area contributed by atoms with Crippen molar-refractivity contribution >= 4 is 11.7 Å². The topological polar surface area (TPSA) is 80.0 Å². The lowest BCUT2D eigenvalue weighted by molar-refractivity contribution is 0.0750. The largest absolute Gasteiger partial charge is 0.362 e. The van der Waals surface area contributed by atoms with Crippen LogP contribution >= 0.6 is 0 Å². The van der Waals surface area contributed by atoms with Crippen molar-refractivity contribution in [2.24, 2.45) is 7.05 Å². The third-order valence-corrected chi connectivity index (χ3v) is 3.76. The van der Waals surface area contributed by atoms with Crippen LogP contribution in [0.15, 0.2) is 12.7 Å². The number of fused-ring (bicyclic) bond motifs is 1. The molecular formula is C14H19N7O. The van der Waals surface area contributed by atoms with E-state index in [1.54, 1.807) is 18.3 Å². The van der Waals surface area contributed by atoms with Gasteiger partial charge in [0.1, 0.15) is 18.5 Å². The van der Waals surface area contributed by atoms with Crippen LogP contribution in [0.25, 0.3) is 0 Å². The van der Waals surface area contributed by atoms with Gasteiger partial charge in [0.25, 0.3) is 5.91 Å². The summed E-state index contributed by atoms with van der Waals surface area (Å²) < 4.78 is 1.54. The minimum Gasteiger partial charge on any atom is -0.362 e. The van der Waals surface area contributed by atoms with Crippen molar-refractivity contribution in [2.45, 2.75) is 12.8 Å². The maximum atomic E-state index is 12.5. The van der Waals surface area contributed by atoms with Crippen molar-refractivity contribution in [3.8, 4) is 0 Å². The number of aryl methyl sites for hydroxylation is 1. The van der Waals surface area contributed by atoms with Gasteiger partial charge >= 0.3 is 0 Å². The highest BCUT2D eigenvalue weighted by Crippen LogP contribution is 2.22. The molecule has 0 unspecified atom stereocenters. The van der Waals surface area contributed by atoms with Gasteiger partial charge in [-0.1, -0.05) is 0 Å². The van der Waals surface area contributed by atoms with E-state index in [1.165, 1.54) is 11.0 Å². The van der Waals surface area contributed by atoms with E-state index in [4.69, 9.17) is 0 Å². The molecule has 0 radical (unpaired) electrons. The van der Waals surface area contributed by atoms with Crippen LogP contribution in [-0.4, -0.2) is 62.7 Å². The average molecular weight is 301 g/mol. The molecule has 0 N–H and O–H groups in total. The molecule has 8 nitrogen and oxygen atoms in total. The molecule has 1 amide bonds. The summed E-state index contributed by atoms with van der Waals surface area (Å²) in [7, 11) is 5.68. The highest BCUT2D eigenvalue weighted by Gasteiger charge is 2.24. The Morgan fingerprint density at radius 2 is 1.95 bits per heavy atom. The lowest BCUT2D eigenvalue weighted by atomic mass is 10.1. The summed E-state index contributed by atoms with van der Waals surface area (Å²) in [6.07, 6.45) is 4.58. The van der Waals surface area contributed by atoms with Gasteiger partial charge in [-0.15, -0.1) is 5.10 Å². The Labute approximate surface area is 128 Å². The lowest BCUT2D eigenvalue weighted by Crippen LogP contribution is -2.34. The van der Waals surface area contributed by atoms with Gasteiger partial charge in [-0.25, -0.2) is 15.0 Å². The third kappa shape index (κ3) is 2.63. The predicted molar refractivity (Wildman–Crippen MR) is 80.7 cm³/mol. The lowest BCUT2D eigenvalue weighted by Gasteiger charge is -2.18. The van der Waals surface area contributed by atoms with E-state index in [0.717, 1.165) is 29.9 Å². The second kappa shape index (κ2) is 5.70. The molecule has 0 saturated heterocycles. The van der Waals surface area contributed by atoms with E-state index in [2.05, 4.69) is 20.1 Å². The zero-order chi connectivity index (χ0) is 15.7. The maximum Gasteiger partial charge on any atom is 0.293 e. The number of carbonyl (C=O) groups excluding carboxylic acids is 1. The average Bonchev–Trinajstić information content (AvgIpc) is 2.81. The highest BCUT2D eigenvalue weighted by atomic mass is 16.2. The molecule has 0 aromatic carbocycles. The molecule has 1 aliphatic rings. The SMILES string of the molecule is CN(C)c1ncnc2c1CCN(C(=O)c1ncn(C)n1)CC2. The second-order valence-corrected chi connectivity index (χ2v) is 5.55. The fourth-order valence-corrected chi connectivity index (χ4v) is 2.68. The van der Waals surface area contributed by atoms with Gasteiger partial charge in [-0.2, -0.15) is 0 Å². The molecular weight excluding hydrogens is 282 g/mol. The van der Waals surface area contributed by atoms with Crippen molar-refractivity contribution in [1.29, 1.82) is 0 Å². The summed E-state index contributed by atoms with van der Waals surface area (Å²) in [5.41, 5.74) is 2.14. The van der Waals surface area contributed by atoms with Crippen LogP contribution < -0.4 is 4.90 Å². The fraction of sp³-hybridized carbons (Fsp3) is 0.500. The number of nitrogens with zero attached hydrogens (tertiary/aromatic N) is 7. The highest BCUT2D eigenvalue weighted by molar-refractivity contribution is 5.90. The monoisotopic (exact) mass is 301 g/mol. The quantitative estimate of drug-likeness (QED) is 0.771. The third-order valence-electron chi connectivity index (χ3n) is 3.76. The van der Waals surface area contributed by atoms with Crippen LogP contribution in [0, 0.1) is 0 Å². The zero-order valence-corrected chi connectivity index (χ0v) is 13.0. The number of aromatic nitrogens is 5. The minimum atomic E-state index is -0.132. The summed E-state index contributed by atoms with van der Waals surface area (Å²) >= 11 is 0. The molecule has 0 aliphatic carbocycles. The van der Waals surface area contributed by atoms with Crippen molar-refractivity contribution < 1.29 is 4.79 Å². The van der Waals surface area contributed by atoms with Crippen LogP contribution in [-0.2, 0) is 19.9 Å². The van der Waals surface area contributed by atoms with E-state index in [9.17, 15) is 4.79 Å². The zero-order valence-electron chi connectivity index (χ0n) is 13.0. The molecule has 22 heavy (non-hydrogen) atoms. The number of hydrogen-bond acceptors (Lipinski definition) is 6. The summed E-state index contributed by atoms with van der Waals surface area (Å²) in [5.74, 6) is 1.04. The van der Waals surface area contributed by atoms with Crippen molar-refractivity contribution in [3.05, 3.63) is 29.7 Å². The first-order chi connectivity index (χ1) is 10.6. The number of rotatable bonds is 2. The molecule has 0 atom stereocenters. The Morgan fingerprint density at radius 3 is 2.64 bits per heavy atom. The number of carbonyl (C=O) groups is 1. The molecule has 3 heterocycles. The Bertz CT molecular complexity index is 694. The van der Waals surface area contributed by atoms with Crippen LogP contribution in [0.4, 0.5) is 5.82 Å². The van der Waals surface area contributed by atoms with Crippen molar-refractivity contribution in [2.75, 3.05) is 32.1 Å². The van der Waals surface area contributed by atoms with Gasteiger partial charge in [-0.3, -0.25) is 9.48 Å². The van der Waals surface area contributed by atoms with E-state index >= 15 is 0 Å².